The number of nitrogens with two attached hydrogens (primary N) is 2. The van der Waals surface area contributed by atoms with Crippen molar-refractivity contribution in [2.24, 2.45) is 16.5 Å². The SMILES string of the molecule is CC(C)(C)c1nc(=O)c(-c2ccc(CNCCCN=C(N)N)cc2)cn1C(C)(C)C. The molecular formula is C23H36N6O. The van der Waals surface area contributed by atoms with Crippen molar-refractivity contribution in [2.75, 3.05) is 13.1 Å². The molecular weight excluding hydrogens is 376 g/mol. The summed E-state index contributed by atoms with van der Waals surface area (Å²) in [6.07, 6.45) is 2.82. The third kappa shape index (κ3) is 6.42. The normalized spacial score (nSPS) is 12.1. The first-order valence-corrected chi connectivity index (χ1v) is 10.4. The number of aromatic nitrogens is 2. The van der Waals surface area contributed by atoms with Gasteiger partial charge in [0.1, 0.15) is 5.82 Å². The Morgan fingerprint density at radius 2 is 1.73 bits per heavy atom. The molecule has 0 spiro atoms. The van der Waals surface area contributed by atoms with Crippen LogP contribution in [0.5, 0.6) is 0 Å². The molecule has 164 valence electrons. The van der Waals surface area contributed by atoms with Crippen molar-refractivity contribution in [3.05, 3.63) is 52.2 Å². The van der Waals surface area contributed by atoms with Gasteiger partial charge < -0.3 is 21.4 Å². The zero-order valence-electron chi connectivity index (χ0n) is 19.1. The van der Waals surface area contributed by atoms with E-state index < -0.39 is 0 Å². The topological polar surface area (TPSA) is 111 Å². The van der Waals surface area contributed by atoms with E-state index in [0.717, 1.165) is 36.5 Å². The van der Waals surface area contributed by atoms with E-state index in [-0.39, 0.29) is 22.5 Å². The molecule has 0 aliphatic heterocycles. The molecule has 30 heavy (non-hydrogen) atoms. The molecule has 7 heteroatoms. The van der Waals surface area contributed by atoms with Gasteiger partial charge in [0.2, 0.25) is 0 Å². The van der Waals surface area contributed by atoms with Crippen LogP contribution in [0.2, 0.25) is 0 Å². The predicted molar refractivity (Wildman–Crippen MR) is 125 cm³/mol. The average Bonchev–Trinajstić information content (AvgIpc) is 2.63. The van der Waals surface area contributed by atoms with Crippen LogP contribution in [0.4, 0.5) is 0 Å². The molecule has 1 aromatic carbocycles. The third-order valence-corrected chi connectivity index (χ3v) is 4.72. The Labute approximate surface area is 179 Å². The largest absolute Gasteiger partial charge is 0.370 e. The highest BCUT2D eigenvalue weighted by Gasteiger charge is 2.26. The zero-order chi connectivity index (χ0) is 22.5. The maximum absolute atomic E-state index is 12.8. The van der Waals surface area contributed by atoms with E-state index in [9.17, 15) is 4.79 Å². The lowest BCUT2D eigenvalue weighted by atomic mass is 9.93. The number of guanidine groups is 1. The van der Waals surface area contributed by atoms with Gasteiger partial charge in [-0.3, -0.25) is 9.79 Å². The highest BCUT2D eigenvalue weighted by atomic mass is 16.1. The van der Waals surface area contributed by atoms with Gasteiger partial charge in [-0.05, 0) is 44.9 Å². The summed E-state index contributed by atoms with van der Waals surface area (Å²) in [5, 5.41) is 3.37. The van der Waals surface area contributed by atoms with E-state index in [4.69, 9.17) is 11.5 Å². The Morgan fingerprint density at radius 3 is 2.27 bits per heavy atom. The summed E-state index contributed by atoms with van der Waals surface area (Å²) in [5.74, 6) is 0.923. The highest BCUT2D eigenvalue weighted by Crippen LogP contribution is 2.27. The van der Waals surface area contributed by atoms with Crippen molar-refractivity contribution in [3.8, 4) is 11.1 Å². The number of benzene rings is 1. The van der Waals surface area contributed by atoms with Gasteiger partial charge in [0, 0.05) is 30.2 Å². The molecule has 0 bridgehead atoms. The molecule has 0 aliphatic carbocycles. The fraction of sp³-hybridized carbons (Fsp3) is 0.522. The maximum Gasteiger partial charge on any atom is 0.280 e. The van der Waals surface area contributed by atoms with Crippen LogP contribution in [0.1, 0.15) is 59.4 Å². The monoisotopic (exact) mass is 412 g/mol. The summed E-state index contributed by atoms with van der Waals surface area (Å²) in [7, 11) is 0. The molecule has 0 aliphatic rings. The smallest absolute Gasteiger partial charge is 0.280 e. The van der Waals surface area contributed by atoms with Gasteiger partial charge in [0.15, 0.2) is 5.96 Å². The van der Waals surface area contributed by atoms with Crippen molar-refractivity contribution >= 4 is 5.96 Å². The van der Waals surface area contributed by atoms with E-state index >= 15 is 0 Å². The van der Waals surface area contributed by atoms with Crippen LogP contribution >= 0.6 is 0 Å². The van der Waals surface area contributed by atoms with Crippen molar-refractivity contribution in [1.29, 1.82) is 0 Å². The quantitative estimate of drug-likeness (QED) is 0.368. The Bertz CT molecular complexity index is 926. The van der Waals surface area contributed by atoms with E-state index in [0.29, 0.717) is 12.1 Å². The molecule has 7 nitrogen and oxygen atoms in total. The number of nitrogens with one attached hydrogen (secondary N) is 1. The Morgan fingerprint density at radius 1 is 1.10 bits per heavy atom. The lowest BCUT2D eigenvalue weighted by molar-refractivity contribution is 0.343. The lowest BCUT2D eigenvalue weighted by Crippen LogP contribution is -2.35. The van der Waals surface area contributed by atoms with Crippen LogP contribution in [-0.4, -0.2) is 28.6 Å². The summed E-state index contributed by atoms with van der Waals surface area (Å²) < 4.78 is 2.12. The standard InChI is InChI=1S/C23H36N6O/c1-22(2,3)20-28-19(30)18(15-29(20)23(4,5)6)17-10-8-16(9-11-17)14-26-12-7-13-27-21(24)25/h8-11,15,26H,7,12-14H2,1-6H3,(H4,24,25,27). The Balaban J connectivity index is 2.18. The Hall–Kier alpha value is -2.67. The predicted octanol–water partition coefficient (Wildman–Crippen LogP) is 2.72. The molecule has 0 amide bonds. The third-order valence-electron chi connectivity index (χ3n) is 4.72. The minimum Gasteiger partial charge on any atom is -0.370 e. The van der Waals surface area contributed by atoms with Crippen LogP contribution in [-0.2, 0) is 17.5 Å². The van der Waals surface area contributed by atoms with E-state index in [1.54, 1.807) is 0 Å². The average molecular weight is 413 g/mol. The summed E-state index contributed by atoms with van der Waals surface area (Å²) in [6, 6.07) is 8.05. The lowest BCUT2D eigenvalue weighted by Gasteiger charge is -2.32. The van der Waals surface area contributed by atoms with Gasteiger partial charge in [-0.2, -0.15) is 4.98 Å². The molecule has 0 atom stereocenters. The number of nitrogens with zero attached hydrogens (tertiary/aromatic N) is 3. The van der Waals surface area contributed by atoms with Gasteiger partial charge in [0.25, 0.3) is 5.56 Å². The van der Waals surface area contributed by atoms with Crippen LogP contribution in [0.3, 0.4) is 0 Å². The summed E-state index contributed by atoms with van der Waals surface area (Å²) in [6.45, 7) is 14.8. The molecule has 2 rings (SSSR count). The number of rotatable bonds is 7. The molecule has 0 saturated heterocycles. The summed E-state index contributed by atoms with van der Waals surface area (Å²) in [5.41, 5.74) is 12.7. The second-order valence-electron chi connectivity index (χ2n) is 9.61. The summed E-state index contributed by atoms with van der Waals surface area (Å²) in [4.78, 5) is 21.2. The van der Waals surface area contributed by atoms with E-state index in [2.05, 4.69) is 61.4 Å². The van der Waals surface area contributed by atoms with Gasteiger partial charge in [0.05, 0.1) is 5.56 Å². The minimum atomic E-state index is -0.221. The van der Waals surface area contributed by atoms with Gasteiger partial charge in [-0.1, -0.05) is 45.0 Å². The molecule has 0 fully saturated rings. The van der Waals surface area contributed by atoms with Crippen LogP contribution < -0.4 is 22.3 Å². The first-order chi connectivity index (χ1) is 13.9. The number of hydrogen-bond acceptors (Lipinski definition) is 4. The van der Waals surface area contributed by atoms with E-state index in [1.165, 1.54) is 0 Å². The van der Waals surface area contributed by atoms with Crippen LogP contribution in [0.15, 0.2) is 40.2 Å². The molecule has 1 aromatic heterocycles. The first-order valence-electron chi connectivity index (χ1n) is 10.4. The molecule has 0 saturated carbocycles. The Kier molecular flexibility index (Phi) is 7.42. The molecule has 5 N–H and O–H groups in total. The number of aliphatic imine (C=N–C) groups is 1. The van der Waals surface area contributed by atoms with Gasteiger partial charge in [-0.25, -0.2) is 0 Å². The van der Waals surface area contributed by atoms with Crippen LogP contribution in [0.25, 0.3) is 11.1 Å². The molecule has 0 unspecified atom stereocenters. The fourth-order valence-electron chi connectivity index (χ4n) is 3.14. The maximum atomic E-state index is 12.8. The van der Waals surface area contributed by atoms with Crippen molar-refractivity contribution < 1.29 is 0 Å². The molecule has 2 aromatic rings. The van der Waals surface area contributed by atoms with Crippen molar-refractivity contribution in [1.82, 2.24) is 14.9 Å². The van der Waals surface area contributed by atoms with Crippen LogP contribution in [0, 0.1) is 0 Å². The fourth-order valence-corrected chi connectivity index (χ4v) is 3.14. The number of hydrogen-bond donors (Lipinski definition) is 3. The molecule has 0 radical (unpaired) electrons. The second kappa shape index (κ2) is 9.43. The van der Waals surface area contributed by atoms with Crippen molar-refractivity contribution in [3.63, 3.8) is 0 Å². The first kappa shape index (κ1) is 23.6. The van der Waals surface area contributed by atoms with Crippen molar-refractivity contribution in [2.45, 2.75) is 65.5 Å². The summed E-state index contributed by atoms with van der Waals surface area (Å²) >= 11 is 0. The minimum absolute atomic E-state index is 0.126. The highest BCUT2D eigenvalue weighted by molar-refractivity contribution is 5.75. The zero-order valence-corrected chi connectivity index (χ0v) is 19.1. The second-order valence-corrected chi connectivity index (χ2v) is 9.61. The van der Waals surface area contributed by atoms with Gasteiger partial charge in [-0.15, -0.1) is 0 Å². The van der Waals surface area contributed by atoms with E-state index in [1.807, 2.05) is 30.5 Å². The molecule has 1 heterocycles. The van der Waals surface area contributed by atoms with Gasteiger partial charge >= 0.3 is 0 Å².